The van der Waals surface area contributed by atoms with Crippen molar-refractivity contribution in [3.8, 4) is 17.3 Å². The molecular formula is C15H12ClN3O2S. The number of carbonyl (C=O) groups is 1. The number of hydrogen-bond acceptors (Lipinski definition) is 5. The summed E-state index contributed by atoms with van der Waals surface area (Å²) in [5.74, 6) is 0. The number of nitrogens with zero attached hydrogens (tertiary/aromatic N) is 3. The van der Waals surface area contributed by atoms with Gasteiger partial charge in [-0.3, -0.25) is 0 Å². The maximum absolute atomic E-state index is 11.9. The van der Waals surface area contributed by atoms with Gasteiger partial charge in [-0.2, -0.15) is 5.26 Å². The summed E-state index contributed by atoms with van der Waals surface area (Å²) >= 11 is 7.54. The number of ether oxygens (including phenoxy) is 1. The van der Waals surface area contributed by atoms with Gasteiger partial charge in [-0.15, -0.1) is 0 Å². The van der Waals surface area contributed by atoms with E-state index < -0.39 is 0 Å². The first kappa shape index (κ1) is 14.8. The summed E-state index contributed by atoms with van der Waals surface area (Å²) in [7, 11) is 0. The van der Waals surface area contributed by atoms with Crippen molar-refractivity contribution in [2.24, 2.45) is 0 Å². The lowest BCUT2D eigenvalue weighted by Crippen LogP contribution is -2.32. The summed E-state index contributed by atoms with van der Waals surface area (Å²) in [6.07, 6.45) is 0.401. The lowest BCUT2D eigenvalue weighted by atomic mass is 10.1. The standard InChI is InChI=1S/C15H12ClN3O2S/c1-2-11-8-21-15(20)19(11)14-18-12(13(16)22-14)10-5-3-9(7-17)4-6-10/h3-6,11H,2,8H2,1H3/t11-/m0/s1. The monoisotopic (exact) mass is 333 g/mol. The van der Waals surface area contributed by atoms with E-state index in [9.17, 15) is 4.79 Å². The fraction of sp³-hybridized carbons (Fsp3) is 0.267. The zero-order chi connectivity index (χ0) is 15.7. The van der Waals surface area contributed by atoms with Crippen molar-refractivity contribution in [1.82, 2.24) is 4.98 Å². The van der Waals surface area contributed by atoms with Crippen molar-refractivity contribution in [1.29, 1.82) is 5.26 Å². The molecule has 1 fully saturated rings. The Morgan fingerprint density at radius 2 is 2.23 bits per heavy atom. The predicted molar refractivity (Wildman–Crippen MR) is 85.2 cm³/mol. The average Bonchev–Trinajstić information content (AvgIpc) is 3.09. The minimum atomic E-state index is -0.386. The lowest BCUT2D eigenvalue weighted by Gasteiger charge is -2.16. The van der Waals surface area contributed by atoms with Crippen molar-refractivity contribution < 1.29 is 9.53 Å². The van der Waals surface area contributed by atoms with Crippen LogP contribution in [0.1, 0.15) is 18.9 Å². The van der Waals surface area contributed by atoms with E-state index in [1.54, 1.807) is 29.2 Å². The number of nitriles is 1. The Hall–Kier alpha value is -2.10. The quantitative estimate of drug-likeness (QED) is 0.849. The van der Waals surface area contributed by atoms with Gasteiger partial charge >= 0.3 is 6.09 Å². The van der Waals surface area contributed by atoms with Gasteiger partial charge in [-0.25, -0.2) is 14.7 Å². The molecule has 1 aliphatic rings. The molecule has 1 atom stereocenters. The fourth-order valence-electron chi connectivity index (χ4n) is 2.27. The van der Waals surface area contributed by atoms with Crippen LogP contribution in [0.15, 0.2) is 24.3 Å². The van der Waals surface area contributed by atoms with E-state index in [4.69, 9.17) is 21.6 Å². The van der Waals surface area contributed by atoms with Gasteiger partial charge in [0.15, 0.2) is 5.13 Å². The molecule has 0 spiro atoms. The van der Waals surface area contributed by atoms with Gasteiger partial charge in [0.05, 0.1) is 17.7 Å². The van der Waals surface area contributed by atoms with E-state index in [0.717, 1.165) is 12.0 Å². The molecule has 1 aliphatic heterocycles. The highest BCUT2D eigenvalue weighted by Crippen LogP contribution is 2.39. The SMILES string of the molecule is CC[C@H]1COC(=O)N1c1nc(-c2ccc(C#N)cc2)c(Cl)s1. The van der Waals surface area contributed by atoms with Gasteiger partial charge in [0.1, 0.15) is 16.6 Å². The van der Waals surface area contributed by atoms with Crippen LogP contribution >= 0.6 is 22.9 Å². The number of amides is 1. The minimum Gasteiger partial charge on any atom is -0.447 e. The third-order valence-electron chi connectivity index (χ3n) is 3.50. The second kappa shape index (κ2) is 5.95. The Bertz CT molecular complexity index is 751. The van der Waals surface area contributed by atoms with Gasteiger partial charge < -0.3 is 4.74 Å². The molecular weight excluding hydrogens is 322 g/mol. The maximum Gasteiger partial charge on any atom is 0.416 e. The Labute approximate surface area is 136 Å². The van der Waals surface area contributed by atoms with Crippen LogP contribution in [0.2, 0.25) is 4.34 Å². The molecule has 112 valence electrons. The molecule has 1 aromatic heterocycles. The van der Waals surface area contributed by atoms with E-state index in [1.807, 2.05) is 6.92 Å². The molecule has 5 nitrogen and oxygen atoms in total. The van der Waals surface area contributed by atoms with E-state index in [0.29, 0.717) is 27.3 Å². The van der Waals surface area contributed by atoms with Crippen molar-refractivity contribution in [2.45, 2.75) is 19.4 Å². The van der Waals surface area contributed by atoms with Gasteiger partial charge in [0, 0.05) is 5.56 Å². The van der Waals surface area contributed by atoms with Crippen LogP contribution in [0, 0.1) is 11.3 Å². The Kier molecular flexibility index (Phi) is 4.01. The molecule has 22 heavy (non-hydrogen) atoms. The zero-order valence-corrected chi connectivity index (χ0v) is 13.3. The number of thiazole rings is 1. The number of benzene rings is 1. The Balaban J connectivity index is 1.96. The highest BCUT2D eigenvalue weighted by molar-refractivity contribution is 7.20. The number of carbonyl (C=O) groups excluding carboxylic acids is 1. The molecule has 0 bridgehead atoms. The normalized spacial score (nSPS) is 17.4. The summed E-state index contributed by atoms with van der Waals surface area (Å²) in [6, 6.07) is 9.07. The highest BCUT2D eigenvalue weighted by Gasteiger charge is 2.35. The summed E-state index contributed by atoms with van der Waals surface area (Å²) in [4.78, 5) is 17.9. The molecule has 1 amide bonds. The maximum atomic E-state index is 11.9. The molecule has 0 saturated carbocycles. The fourth-order valence-corrected chi connectivity index (χ4v) is 3.51. The van der Waals surface area contributed by atoms with Crippen molar-refractivity contribution >= 4 is 34.2 Å². The molecule has 2 heterocycles. The van der Waals surface area contributed by atoms with Gasteiger partial charge in [0.25, 0.3) is 0 Å². The van der Waals surface area contributed by atoms with Crippen LogP contribution in [-0.2, 0) is 4.74 Å². The Morgan fingerprint density at radius 1 is 1.50 bits per heavy atom. The average molecular weight is 334 g/mol. The number of anilines is 1. The first-order chi connectivity index (χ1) is 10.6. The summed E-state index contributed by atoms with van der Waals surface area (Å²) < 4.78 is 5.59. The number of hydrogen-bond donors (Lipinski definition) is 0. The predicted octanol–water partition coefficient (Wildman–Crippen LogP) is 4.07. The molecule has 1 saturated heterocycles. The van der Waals surface area contributed by atoms with E-state index in [-0.39, 0.29) is 12.1 Å². The second-order valence-corrected chi connectivity index (χ2v) is 6.40. The summed E-state index contributed by atoms with van der Waals surface area (Å²) in [5.41, 5.74) is 2.00. The van der Waals surface area contributed by atoms with Crippen LogP contribution in [0.3, 0.4) is 0 Å². The topological polar surface area (TPSA) is 66.2 Å². The van der Waals surface area contributed by atoms with E-state index in [1.165, 1.54) is 11.3 Å². The molecule has 1 aromatic carbocycles. The first-order valence-corrected chi connectivity index (χ1v) is 7.96. The zero-order valence-electron chi connectivity index (χ0n) is 11.7. The molecule has 0 radical (unpaired) electrons. The van der Waals surface area contributed by atoms with Gasteiger partial charge in [-0.1, -0.05) is 42.0 Å². The molecule has 0 unspecified atom stereocenters. The molecule has 7 heteroatoms. The number of cyclic esters (lactones) is 1. The largest absolute Gasteiger partial charge is 0.447 e. The molecule has 2 aromatic rings. The molecule has 0 N–H and O–H groups in total. The third-order valence-corrected chi connectivity index (χ3v) is 4.75. The van der Waals surface area contributed by atoms with Crippen molar-refractivity contribution in [3.63, 3.8) is 0 Å². The van der Waals surface area contributed by atoms with Gasteiger partial charge in [0.2, 0.25) is 0 Å². The third kappa shape index (κ3) is 2.54. The lowest BCUT2D eigenvalue weighted by molar-refractivity contribution is 0.178. The van der Waals surface area contributed by atoms with Crippen LogP contribution in [-0.4, -0.2) is 23.7 Å². The molecule has 0 aliphatic carbocycles. The van der Waals surface area contributed by atoms with Crippen LogP contribution in [0.5, 0.6) is 0 Å². The first-order valence-electron chi connectivity index (χ1n) is 6.77. The van der Waals surface area contributed by atoms with Gasteiger partial charge in [-0.05, 0) is 18.6 Å². The highest BCUT2D eigenvalue weighted by atomic mass is 35.5. The molecule has 3 rings (SSSR count). The second-order valence-electron chi connectivity index (χ2n) is 4.82. The summed E-state index contributed by atoms with van der Waals surface area (Å²) in [5, 5.41) is 9.38. The van der Waals surface area contributed by atoms with Crippen LogP contribution < -0.4 is 4.90 Å². The van der Waals surface area contributed by atoms with Crippen molar-refractivity contribution in [2.75, 3.05) is 11.5 Å². The Morgan fingerprint density at radius 3 is 2.86 bits per heavy atom. The van der Waals surface area contributed by atoms with Crippen molar-refractivity contribution in [3.05, 3.63) is 34.2 Å². The van der Waals surface area contributed by atoms with E-state index in [2.05, 4.69) is 11.1 Å². The van der Waals surface area contributed by atoms with Crippen LogP contribution in [0.4, 0.5) is 9.93 Å². The number of halogens is 1. The minimum absolute atomic E-state index is 0.0106. The van der Waals surface area contributed by atoms with E-state index >= 15 is 0 Å². The van der Waals surface area contributed by atoms with Crippen LogP contribution in [0.25, 0.3) is 11.3 Å². The number of rotatable bonds is 3. The smallest absolute Gasteiger partial charge is 0.416 e. The number of aromatic nitrogens is 1. The summed E-state index contributed by atoms with van der Waals surface area (Å²) in [6.45, 7) is 2.37.